The molecule has 3 fully saturated rings. The largest absolute Gasteiger partial charge is 0.494 e. The minimum absolute atomic E-state index is 0.185. The van der Waals surface area contributed by atoms with Gasteiger partial charge in [-0.25, -0.2) is 4.79 Å². The summed E-state index contributed by atoms with van der Waals surface area (Å²) >= 11 is 0. The van der Waals surface area contributed by atoms with Gasteiger partial charge in [0.1, 0.15) is 5.60 Å². The molecule has 0 atom stereocenters. The van der Waals surface area contributed by atoms with Gasteiger partial charge in [0.15, 0.2) is 0 Å². The topological polar surface area (TPSA) is 51.2 Å². The molecule has 0 saturated carbocycles. The Kier molecular flexibility index (Phi) is 5.47. The van der Waals surface area contributed by atoms with E-state index in [-0.39, 0.29) is 29.8 Å². The highest BCUT2D eigenvalue weighted by molar-refractivity contribution is 6.62. The van der Waals surface area contributed by atoms with Crippen molar-refractivity contribution in [1.82, 2.24) is 9.80 Å². The molecular formula is C24H37BN2O4. The number of carbonyl (C=O) groups is 1. The number of hydrogen-bond acceptors (Lipinski definition) is 5. The lowest BCUT2D eigenvalue weighted by atomic mass is 9.79. The third kappa shape index (κ3) is 4.64. The van der Waals surface area contributed by atoms with Crippen molar-refractivity contribution < 1.29 is 18.8 Å². The molecular weight excluding hydrogens is 391 g/mol. The van der Waals surface area contributed by atoms with Crippen LogP contribution in [0, 0.1) is 5.41 Å². The Hall–Kier alpha value is -1.57. The number of ether oxygens (including phenoxy) is 1. The highest BCUT2D eigenvalue weighted by atomic mass is 16.7. The van der Waals surface area contributed by atoms with Crippen molar-refractivity contribution in [3.63, 3.8) is 0 Å². The van der Waals surface area contributed by atoms with Crippen LogP contribution in [0.2, 0.25) is 0 Å². The molecule has 0 aromatic heterocycles. The standard InChI is InChI=1S/C24H37BN2O4/c1-21(2,3)29-20(28)27-16-24(17-27)12-13-26(15-24)14-18-8-10-19(11-9-18)25-30-22(4,5)23(6,7)31-25/h8-11H,12-17H2,1-7H3. The zero-order valence-electron chi connectivity index (χ0n) is 20.2. The van der Waals surface area contributed by atoms with Gasteiger partial charge in [-0.05, 0) is 72.5 Å². The minimum atomic E-state index is -0.437. The zero-order valence-corrected chi connectivity index (χ0v) is 20.2. The summed E-state index contributed by atoms with van der Waals surface area (Å²) in [5, 5.41) is 0. The number of rotatable bonds is 3. The highest BCUT2D eigenvalue weighted by Crippen LogP contribution is 2.40. The summed E-state index contributed by atoms with van der Waals surface area (Å²) in [5.41, 5.74) is 1.51. The van der Waals surface area contributed by atoms with Crippen molar-refractivity contribution in [1.29, 1.82) is 0 Å². The monoisotopic (exact) mass is 428 g/mol. The van der Waals surface area contributed by atoms with Crippen molar-refractivity contribution in [3.05, 3.63) is 29.8 Å². The molecule has 3 aliphatic rings. The predicted molar refractivity (Wildman–Crippen MR) is 122 cm³/mol. The fraction of sp³-hybridized carbons (Fsp3) is 0.708. The minimum Gasteiger partial charge on any atom is -0.444 e. The summed E-state index contributed by atoms with van der Waals surface area (Å²) in [6, 6.07) is 8.60. The van der Waals surface area contributed by atoms with E-state index in [9.17, 15) is 4.79 Å². The van der Waals surface area contributed by atoms with Gasteiger partial charge in [0, 0.05) is 31.6 Å². The van der Waals surface area contributed by atoms with E-state index in [2.05, 4.69) is 56.9 Å². The first-order chi connectivity index (χ1) is 14.3. The van der Waals surface area contributed by atoms with Gasteiger partial charge in [0.2, 0.25) is 0 Å². The molecule has 1 aromatic carbocycles. The molecule has 6 nitrogen and oxygen atoms in total. The van der Waals surface area contributed by atoms with Crippen LogP contribution in [-0.4, -0.2) is 66.0 Å². The fourth-order valence-corrected chi connectivity index (χ4v) is 4.66. The van der Waals surface area contributed by atoms with Crippen LogP contribution >= 0.6 is 0 Å². The predicted octanol–water partition coefficient (Wildman–Crippen LogP) is 3.43. The molecule has 0 radical (unpaired) electrons. The molecule has 3 heterocycles. The van der Waals surface area contributed by atoms with Crippen LogP contribution in [0.5, 0.6) is 0 Å². The van der Waals surface area contributed by atoms with Gasteiger partial charge in [0.05, 0.1) is 11.2 Å². The summed E-state index contributed by atoms with van der Waals surface area (Å²) in [6.45, 7) is 18.7. The summed E-state index contributed by atoms with van der Waals surface area (Å²) in [4.78, 5) is 16.6. The number of amides is 1. The molecule has 1 amide bonds. The van der Waals surface area contributed by atoms with Crippen LogP contribution in [0.4, 0.5) is 4.79 Å². The summed E-state index contributed by atoms with van der Waals surface area (Å²) in [7, 11) is -0.317. The van der Waals surface area contributed by atoms with E-state index in [1.165, 1.54) is 5.56 Å². The van der Waals surface area contributed by atoms with Crippen LogP contribution < -0.4 is 5.46 Å². The zero-order chi connectivity index (χ0) is 22.7. The fourth-order valence-electron chi connectivity index (χ4n) is 4.66. The van der Waals surface area contributed by atoms with Crippen LogP contribution in [0.25, 0.3) is 0 Å². The van der Waals surface area contributed by atoms with E-state index < -0.39 is 5.60 Å². The molecule has 0 aliphatic carbocycles. The lowest BCUT2D eigenvalue weighted by Gasteiger charge is -2.47. The maximum atomic E-state index is 12.2. The van der Waals surface area contributed by atoms with Crippen molar-refractivity contribution in [2.24, 2.45) is 5.41 Å². The first kappa shape index (κ1) is 22.6. The first-order valence-corrected chi connectivity index (χ1v) is 11.4. The Morgan fingerprint density at radius 3 is 2.16 bits per heavy atom. The van der Waals surface area contributed by atoms with Gasteiger partial charge >= 0.3 is 13.2 Å². The van der Waals surface area contributed by atoms with Crippen molar-refractivity contribution in [2.75, 3.05) is 26.2 Å². The summed E-state index contributed by atoms with van der Waals surface area (Å²) in [6.07, 6.45) is 0.952. The quantitative estimate of drug-likeness (QED) is 0.691. The number of nitrogens with zero attached hydrogens (tertiary/aromatic N) is 2. The van der Waals surface area contributed by atoms with E-state index >= 15 is 0 Å². The first-order valence-electron chi connectivity index (χ1n) is 11.4. The van der Waals surface area contributed by atoms with Crippen LogP contribution in [0.3, 0.4) is 0 Å². The molecule has 0 unspecified atom stereocenters. The van der Waals surface area contributed by atoms with Crippen LogP contribution in [-0.2, 0) is 20.6 Å². The molecule has 7 heteroatoms. The number of carbonyl (C=O) groups excluding carboxylic acids is 1. The second-order valence-corrected chi connectivity index (χ2v) is 11.6. The van der Waals surface area contributed by atoms with Crippen LogP contribution in [0.1, 0.15) is 60.5 Å². The smallest absolute Gasteiger partial charge is 0.444 e. The average Bonchev–Trinajstić information content (AvgIpc) is 3.11. The molecule has 0 bridgehead atoms. The van der Waals surface area contributed by atoms with Gasteiger partial charge in [-0.3, -0.25) is 4.90 Å². The SMILES string of the molecule is CC(C)(C)OC(=O)N1CC2(CCN(Cc3ccc(B4OC(C)(C)C(C)(C)O4)cc3)C2)C1. The van der Waals surface area contributed by atoms with Crippen LogP contribution in [0.15, 0.2) is 24.3 Å². The van der Waals surface area contributed by atoms with Crippen molar-refractivity contribution in [2.45, 2.75) is 78.2 Å². The van der Waals surface area contributed by atoms with Crippen molar-refractivity contribution >= 4 is 18.7 Å². The normalized spacial score (nSPS) is 24.5. The van der Waals surface area contributed by atoms with Gasteiger partial charge in [-0.2, -0.15) is 0 Å². The summed E-state index contributed by atoms with van der Waals surface area (Å²) < 4.78 is 17.8. The van der Waals surface area contributed by atoms with Gasteiger partial charge in [-0.1, -0.05) is 24.3 Å². The molecule has 3 saturated heterocycles. The molecule has 1 aromatic rings. The maximum Gasteiger partial charge on any atom is 0.494 e. The molecule has 31 heavy (non-hydrogen) atoms. The molecule has 1 spiro atoms. The lowest BCUT2D eigenvalue weighted by Crippen LogP contribution is -2.60. The van der Waals surface area contributed by atoms with Gasteiger partial charge in [-0.15, -0.1) is 0 Å². The van der Waals surface area contributed by atoms with E-state index in [0.29, 0.717) is 0 Å². The Morgan fingerprint density at radius 1 is 1.03 bits per heavy atom. The van der Waals surface area contributed by atoms with Gasteiger partial charge < -0.3 is 18.9 Å². The van der Waals surface area contributed by atoms with Crippen molar-refractivity contribution in [3.8, 4) is 0 Å². The Labute approximate surface area is 187 Å². The van der Waals surface area contributed by atoms with Gasteiger partial charge in [0.25, 0.3) is 0 Å². The Bertz CT molecular complexity index is 809. The molecule has 3 aliphatic heterocycles. The van der Waals surface area contributed by atoms with E-state index in [1.54, 1.807) is 0 Å². The third-order valence-corrected chi connectivity index (χ3v) is 7.13. The second-order valence-electron chi connectivity index (χ2n) is 11.6. The molecule has 170 valence electrons. The molecule has 4 rings (SSSR count). The van der Waals surface area contributed by atoms with E-state index in [0.717, 1.165) is 44.6 Å². The molecule has 0 N–H and O–H groups in total. The average molecular weight is 428 g/mol. The maximum absolute atomic E-state index is 12.2. The van der Waals surface area contributed by atoms with E-state index in [4.69, 9.17) is 14.0 Å². The highest BCUT2D eigenvalue weighted by Gasteiger charge is 2.52. The number of benzene rings is 1. The lowest BCUT2D eigenvalue weighted by molar-refractivity contribution is -0.0306. The number of likely N-dealkylation sites (tertiary alicyclic amines) is 2. The third-order valence-electron chi connectivity index (χ3n) is 7.13. The Morgan fingerprint density at radius 2 is 1.61 bits per heavy atom. The second kappa shape index (κ2) is 7.50. The number of hydrogen-bond donors (Lipinski definition) is 0. The summed E-state index contributed by atoms with van der Waals surface area (Å²) in [5.74, 6) is 0. The Balaban J connectivity index is 1.28. The van der Waals surface area contributed by atoms with E-state index in [1.807, 2.05) is 25.7 Å².